The molecule has 5 aromatic rings. The van der Waals surface area contributed by atoms with Crippen LogP contribution in [0.25, 0.3) is 48.6 Å². The fraction of sp³-hybridized carbons (Fsp3) is 0. The zero-order valence-corrected chi connectivity index (χ0v) is 23.8. The van der Waals surface area contributed by atoms with E-state index in [1.54, 1.807) is 0 Å². The molecule has 0 aliphatic carbocycles. The van der Waals surface area contributed by atoms with Crippen molar-refractivity contribution in [3.63, 3.8) is 0 Å². The van der Waals surface area contributed by atoms with Gasteiger partial charge in [0.05, 0.1) is 0 Å². The lowest BCUT2D eigenvalue weighted by atomic mass is 10.1. The van der Waals surface area contributed by atoms with E-state index < -0.39 is 0 Å². The molecule has 0 spiro atoms. The van der Waals surface area contributed by atoms with Gasteiger partial charge in [-0.3, -0.25) is 0 Å². The standard InChI is InChI=1S/C38H30S2/c39-37-25-21-35(22-26-37)19-17-33-13-9-31(10-14-33)7-5-29-1-2-30(4-3-29)6-8-32-11-15-34(16-12-32)18-20-36-23-27-38(40)28-24-36/h1-28,39-40H/b7-5+,8-6+,19-17+,20-18+. The average molecular weight is 551 g/mol. The molecule has 5 aromatic carbocycles. The first-order valence-corrected chi connectivity index (χ1v) is 14.1. The molecule has 0 unspecified atom stereocenters. The van der Waals surface area contributed by atoms with Crippen molar-refractivity contribution in [1.82, 2.24) is 0 Å². The maximum absolute atomic E-state index is 4.34. The topological polar surface area (TPSA) is 0 Å². The number of hydrogen-bond acceptors (Lipinski definition) is 2. The van der Waals surface area contributed by atoms with Crippen LogP contribution >= 0.6 is 25.3 Å². The van der Waals surface area contributed by atoms with E-state index in [-0.39, 0.29) is 0 Å². The van der Waals surface area contributed by atoms with Crippen LogP contribution in [0.2, 0.25) is 0 Å². The van der Waals surface area contributed by atoms with Crippen LogP contribution in [0.4, 0.5) is 0 Å². The molecule has 194 valence electrons. The van der Waals surface area contributed by atoms with Crippen molar-refractivity contribution < 1.29 is 0 Å². The molecule has 0 saturated carbocycles. The van der Waals surface area contributed by atoms with Crippen molar-refractivity contribution in [2.45, 2.75) is 9.79 Å². The molecular formula is C38H30S2. The van der Waals surface area contributed by atoms with Gasteiger partial charge in [0.15, 0.2) is 0 Å². The van der Waals surface area contributed by atoms with Crippen LogP contribution in [0.3, 0.4) is 0 Å². The van der Waals surface area contributed by atoms with Crippen molar-refractivity contribution >= 4 is 73.9 Å². The van der Waals surface area contributed by atoms with Gasteiger partial charge in [-0.25, -0.2) is 0 Å². The van der Waals surface area contributed by atoms with Gasteiger partial charge in [-0.1, -0.05) is 146 Å². The second-order valence-corrected chi connectivity index (χ2v) is 10.5. The van der Waals surface area contributed by atoms with Gasteiger partial charge < -0.3 is 0 Å². The van der Waals surface area contributed by atoms with E-state index in [0.717, 1.165) is 20.9 Å². The predicted octanol–water partition coefficient (Wildman–Crippen LogP) is 10.9. The Bertz CT molecular complexity index is 1510. The third-order valence-corrected chi connectivity index (χ3v) is 7.06. The molecule has 0 atom stereocenters. The van der Waals surface area contributed by atoms with Crippen LogP contribution in [0.15, 0.2) is 131 Å². The molecular weight excluding hydrogens is 521 g/mol. The summed E-state index contributed by atoms with van der Waals surface area (Å²) in [7, 11) is 0. The second-order valence-electron chi connectivity index (χ2n) is 9.52. The van der Waals surface area contributed by atoms with Gasteiger partial charge in [-0.2, -0.15) is 0 Å². The summed E-state index contributed by atoms with van der Waals surface area (Å²) >= 11 is 8.67. The number of hydrogen-bond donors (Lipinski definition) is 2. The molecule has 0 nitrogen and oxygen atoms in total. The zero-order valence-electron chi connectivity index (χ0n) is 22.1. The fourth-order valence-corrected chi connectivity index (χ4v) is 4.39. The Morgan fingerprint density at radius 1 is 0.225 bits per heavy atom. The summed E-state index contributed by atoms with van der Waals surface area (Å²) < 4.78 is 0. The van der Waals surface area contributed by atoms with Gasteiger partial charge in [0.2, 0.25) is 0 Å². The molecule has 0 heterocycles. The minimum Gasteiger partial charge on any atom is -0.143 e. The fourth-order valence-electron chi connectivity index (χ4n) is 4.10. The van der Waals surface area contributed by atoms with E-state index in [0.29, 0.717) is 0 Å². The average Bonchev–Trinajstić information content (AvgIpc) is 3.00. The van der Waals surface area contributed by atoms with E-state index in [9.17, 15) is 0 Å². The summed E-state index contributed by atoms with van der Waals surface area (Å²) in [4.78, 5) is 1.95. The first kappa shape index (κ1) is 27.3. The van der Waals surface area contributed by atoms with E-state index in [1.807, 2.05) is 24.3 Å². The van der Waals surface area contributed by atoms with Crippen molar-refractivity contribution in [2.24, 2.45) is 0 Å². The van der Waals surface area contributed by atoms with Crippen LogP contribution in [-0.2, 0) is 0 Å². The molecule has 0 amide bonds. The second kappa shape index (κ2) is 13.7. The molecule has 0 bridgehead atoms. The first-order chi connectivity index (χ1) is 19.6. The van der Waals surface area contributed by atoms with Crippen LogP contribution in [0.5, 0.6) is 0 Å². The van der Waals surface area contributed by atoms with E-state index in [2.05, 4.69) is 171 Å². The summed E-state index contributed by atoms with van der Waals surface area (Å²) in [6.45, 7) is 0. The molecule has 0 radical (unpaired) electrons. The van der Waals surface area contributed by atoms with E-state index in [4.69, 9.17) is 0 Å². The van der Waals surface area contributed by atoms with Crippen molar-refractivity contribution in [3.8, 4) is 0 Å². The van der Waals surface area contributed by atoms with Gasteiger partial charge >= 0.3 is 0 Å². The zero-order chi connectivity index (χ0) is 27.6. The Labute approximate surface area is 248 Å². The largest absolute Gasteiger partial charge is 0.143 e. The highest BCUT2D eigenvalue weighted by atomic mass is 32.1. The summed E-state index contributed by atoms with van der Waals surface area (Å²) in [6, 6.07) is 42.0. The Kier molecular flexibility index (Phi) is 9.37. The van der Waals surface area contributed by atoms with E-state index >= 15 is 0 Å². The smallest absolute Gasteiger partial charge is 0.00403 e. The summed E-state index contributed by atoms with van der Waals surface area (Å²) in [5.74, 6) is 0. The van der Waals surface area contributed by atoms with Gasteiger partial charge in [0.25, 0.3) is 0 Å². The van der Waals surface area contributed by atoms with Crippen molar-refractivity contribution in [3.05, 3.63) is 166 Å². The minimum atomic E-state index is 0.974. The molecule has 0 aliphatic heterocycles. The first-order valence-electron chi connectivity index (χ1n) is 13.2. The predicted molar refractivity (Wildman–Crippen MR) is 182 cm³/mol. The van der Waals surface area contributed by atoms with Gasteiger partial charge in [0.1, 0.15) is 0 Å². The Morgan fingerprint density at radius 3 is 0.500 bits per heavy atom. The molecule has 2 heteroatoms. The lowest BCUT2D eigenvalue weighted by Gasteiger charge is -2.00. The van der Waals surface area contributed by atoms with Gasteiger partial charge in [0, 0.05) is 9.79 Å². The third-order valence-electron chi connectivity index (χ3n) is 6.47. The van der Waals surface area contributed by atoms with Gasteiger partial charge in [-0.15, -0.1) is 25.3 Å². The Hall–Kier alpha value is -4.24. The summed E-state index contributed by atoms with van der Waals surface area (Å²) in [6.07, 6.45) is 17.1. The Balaban J connectivity index is 1.14. The van der Waals surface area contributed by atoms with Crippen LogP contribution in [0.1, 0.15) is 44.5 Å². The monoisotopic (exact) mass is 550 g/mol. The molecule has 0 fully saturated rings. The molecule has 0 saturated heterocycles. The highest BCUT2D eigenvalue weighted by molar-refractivity contribution is 7.80. The minimum absolute atomic E-state index is 0.974. The normalized spacial score (nSPS) is 11.8. The Morgan fingerprint density at radius 2 is 0.350 bits per heavy atom. The maximum atomic E-state index is 4.34. The number of benzene rings is 5. The molecule has 0 aliphatic rings. The number of thiol groups is 2. The van der Waals surface area contributed by atoms with Crippen LogP contribution < -0.4 is 0 Å². The van der Waals surface area contributed by atoms with Crippen molar-refractivity contribution in [2.75, 3.05) is 0 Å². The summed E-state index contributed by atoms with van der Waals surface area (Å²) in [5.41, 5.74) is 9.38. The van der Waals surface area contributed by atoms with Gasteiger partial charge in [-0.05, 0) is 68.8 Å². The van der Waals surface area contributed by atoms with E-state index in [1.165, 1.54) is 33.4 Å². The van der Waals surface area contributed by atoms with Crippen molar-refractivity contribution in [1.29, 1.82) is 0 Å². The molecule has 0 aromatic heterocycles. The number of rotatable bonds is 8. The lowest BCUT2D eigenvalue weighted by Crippen LogP contribution is -1.78. The quantitative estimate of drug-likeness (QED) is 0.139. The molecule has 5 rings (SSSR count). The highest BCUT2D eigenvalue weighted by Crippen LogP contribution is 2.17. The van der Waals surface area contributed by atoms with Crippen LogP contribution in [-0.4, -0.2) is 0 Å². The maximum Gasteiger partial charge on any atom is 0.00403 e. The lowest BCUT2D eigenvalue weighted by molar-refractivity contribution is 1.46. The molecule has 0 N–H and O–H groups in total. The molecule has 40 heavy (non-hydrogen) atoms. The summed E-state index contributed by atoms with van der Waals surface area (Å²) in [5, 5.41) is 0. The highest BCUT2D eigenvalue weighted by Gasteiger charge is 1.94. The SMILES string of the molecule is Sc1ccc(/C=C/c2ccc(/C=C/c3ccc(/C=C/c4ccc(/C=C/c5ccc(S)cc5)cc4)cc3)cc2)cc1. The third kappa shape index (κ3) is 8.38. The van der Waals surface area contributed by atoms with Crippen LogP contribution in [0, 0.1) is 0 Å².